The largest absolute Gasteiger partial charge is 0.399 e. The summed E-state index contributed by atoms with van der Waals surface area (Å²) in [6, 6.07) is 31.9. The summed E-state index contributed by atoms with van der Waals surface area (Å²) in [4.78, 5) is 39.3. The summed E-state index contributed by atoms with van der Waals surface area (Å²) in [5.41, 5.74) is 12.6. The van der Waals surface area contributed by atoms with E-state index in [1.54, 1.807) is 37.4 Å². The Morgan fingerprint density at radius 3 is 1.62 bits per heavy atom. The topological polar surface area (TPSA) is 166 Å². The van der Waals surface area contributed by atoms with Crippen LogP contribution in [0.25, 0.3) is 33.7 Å². The molecule has 0 aliphatic heterocycles. The van der Waals surface area contributed by atoms with Gasteiger partial charge in [-0.1, -0.05) is 81.4 Å². The zero-order valence-corrected chi connectivity index (χ0v) is 31.9. The quantitative estimate of drug-likeness (QED) is 0.105. The number of nitrogen functional groups attached to an aromatic ring is 1. The summed E-state index contributed by atoms with van der Waals surface area (Å²) in [5.74, 6) is 2.68. The number of carbonyl (C=O) groups excluding carboxylic acids is 1. The van der Waals surface area contributed by atoms with E-state index in [0.29, 0.717) is 34.6 Å². The lowest BCUT2D eigenvalue weighted by atomic mass is 9.95. The third-order valence-corrected chi connectivity index (χ3v) is 9.12. The number of carbonyl (C=O) groups is 1. The van der Waals surface area contributed by atoms with Gasteiger partial charge >= 0.3 is 0 Å². The van der Waals surface area contributed by atoms with Crippen molar-refractivity contribution in [2.24, 2.45) is 5.41 Å². The molecular formula is C43H44N12O. The standard InChI is InChI=1S/C24H26N6O.C19H18N6/c1-16(17-8-6-5-7-9-17)27-21-13-25-14-22(29-21)30-15-26-19-11-10-18(12-20(19)30)28-23(31)24(2,3)4;1-13(14-5-3-2-4-6-14)23-18-10-21-11-19(24-18)25-12-22-16-8-7-15(20)9-17(16)25/h5-16H,1-4H3,(H,27,29)(H,28,31);2-13H,20H2,1H3,(H,23,24)/t16-;13-/m00/s1. The van der Waals surface area contributed by atoms with Gasteiger partial charge in [0.15, 0.2) is 11.6 Å². The lowest BCUT2D eigenvalue weighted by Gasteiger charge is -2.17. The van der Waals surface area contributed by atoms with Crippen LogP contribution < -0.4 is 21.7 Å². The minimum Gasteiger partial charge on any atom is -0.399 e. The van der Waals surface area contributed by atoms with Gasteiger partial charge in [-0.05, 0) is 61.4 Å². The van der Waals surface area contributed by atoms with Crippen molar-refractivity contribution in [2.45, 2.75) is 46.7 Å². The van der Waals surface area contributed by atoms with Gasteiger partial charge in [-0.25, -0.2) is 19.9 Å². The Morgan fingerprint density at radius 2 is 1.12 bits per heavy atom. The molecule has 1 amide bonds. The fourth-order valence-corrected chi connectivity index (χ4v) is 5.97. The predicted molar refractivity (Wildman–Crippen MR) is 223 cm³/mol. The fourth-order valence-electron chi connectivity index (χ4n) is 5.97. The van der Waals surface area contributed by atoms with Crippen molar-refractivity contribution < 1.29 is 4.79 Å². The molecular weight excluding hydrogens is 701 g/mol. The normalized spacial score (nSPS) is 12.4. The Bertz CT molecular complexity index is 2580. The van der Waals surface area contributed by atoms with Crippen LogP contribution in [0.5, 0.6) is 0 Å². The van der Waals surface area contributed by atoms with Crippen LogP contribution in [0.2, 0.25) is 0 Å². The monoisotopic (exact) mass is 744 g/mol. The molecule has 56 heavy (non-hydrogen) atoms. The van der Waals surface area contributed by atoms with Gasteiger partial charge < -0.3 is 21.7 Å². The maximum atomic E-state index is 12.4. The second kappa shape index (κ2) is 16.1. The molecule has 4 aromatic heterocycles. The molecule has 0 bridgehead atoms. The minimum atomic E-state index is -0.476. The number of rotatable bonds is 9. The highest BCUT2D eigenvalue weighted by Crippen LogP contribution is 2.25. The van der Waals surface area contributed by atoms with E-state index in [0.717, 1.165) is 22.1 Å². The first-order valence-electron chi connectivity index (χ1n) is 18.3. The van der Waals surface area contributed by atoms with E-state index in [9.17, 15) is 4.79 Å². The smallest absolute Gasteiger partial charge is 0.229 e. The summed E-state index contributed by atoms with van der Waals surface area (Å²) in [6.07, 6.45) is 10.3. The number of anilines is 4. The first kappa shape index (κ1) is 37.2. The number of benzene rings is 4. The maximum absolute atomic E-state index is 12.4. The van der Waals surface area contributed by atoms with E-state index in [1.807, 2.05) is 103 Å². The average Bonchev–Trinajstić information content (AvgIpc) is 3.83. The van der Waals surface area contributed by atoms with Gasteiger partial charge in [-0.15, -0.1) is 0 Å². The summed E-state index contributed by atoms with van der Waals surface area (Å²) >= 11 is 0. The molecule has 4 heterocycles. The molecule has 0 spiro atoms. The Balaban J connectivity index is 0.000000175. The molecule has 4 aromatic carbocycles. The molecule has 2 atom stereocenters. The molecule has 282 valence electrons. The lowest BCUT2D eigenvalue weighted by Crippen LogP contribution is -2.27. The number of fused-ring (bicyclic) bond motifs is 2. The van der Waals surface area contributed by atoms with Gasteiger partial charge in [0, 0.05) is 28.9 Å². The van der Waals surface area contributed by atoms with Crippen molar-refractivity contribution in [3.8, 4) is 11.6 Å². The number of nitrogens with zero attached hydrogens (tertiary/aromatic N) is 8. The van der Waals surface area contributed by atoms with Crippen LogP contribution in [0, 0.1) is 5.41 Å². The van der Waals surface area contributed by atoms with Crippen molar-refractivity contribution in [3.05, 3.63) is 146 Å². The predicted octanol–water partition coefficient (Wildman–Crippen LogP) is 8.54. The number of imidazole rings is 2. The number of amides is 1. The Labute approximate surface area is 325 Å². The Kier molecular flexibility index (Phi) is 10.7. The third kappa shape index (κ3) is 8.63. The van der Waals surface area contributed by atoms with Crippen LogP contribution in [-0.2, 0) is 4.79 Å². The lowest BCUT2D eigenvalue weighted by molar-refractivity contribution is -0.123. The van der Waals surface area contributed by atoms with E-state index >= 15 is 0 Å². The van der Waals surface area contributed by atoms with Gasteiger partial charge in [-0.2, -0.15) is 0 Å². The molecule has 8 rings (SSSR count). The van der Waals surface area contributed by atoms with E-state index in [2.05, 4.69) is 79.0 Å². The molecule has 13 heteroatoms. The van der Waals surface area contributed by atoms with Crippen LogP contribution in [0.15, 0.2) is 135 Å². The first-order valence-corrected chi connectivity index (χ1v) is 18.3. The van der Waals surface area contributed by atoms with Crippen molar-refractivity contribution in [1.82, 2.24) is 39.0 Å². The van der Waals surface area contributed by atoms with Gasteiger partial charge in [0.05, 0.1) is 46.9 Å². The van der Waals surface area contributed by atoms with Gasteiger partial charge in [-0.3, -0.25) is 23.9 Å². The highest BCUT2D eigenvalue weighted by Gasteiger charge is 2.21. The minimum absolute atomic E-state index is 0.0428. The van der Waals surface area contributed by atoms with Crippen LogP contribution in [0.1, 0.15) is 57.8 Å². The highest BCUT2D eigenvalue weighted by molar-refractivity contribution is 5.96. The van der Waals surface area contributed by atoms with Crippen LogP contribution in [0.4, 0.5) is 23.0 Å². The molecule has 0 saturated carbocycles. The van der Waals surface area contributed by atoms with Crippen LogP contribution in [0.3, 0.4) is 0 Å². The maximum Gasteiger partial charge on any atom is 0.229 e. The van der Waals surface area contributed by atoms with Gasteiger partial charge in [0.2, 0.25) is 5.91 Å². The zero-order valence-electron chi connectivity index (χ0n) is 31.9. The molecule has 13 nitrogen and oxygen atoms in total. The second-order valence-corrected chi connectivity index (χ2v) is 14.5. The molecule has 0 aliphatic rings. The van der Waals surface area contributed by atoms with Crippen molar-refractivity contribution in [3.63, 3.8) is 0 Å². The van der Waals surface area contributed by atoms with Crippen molar-refractivity contribution >= 4 is 51.0 Å². The van der Waals surface area contributed by atoms with E-state index < -0.39 is 5.41 Å². The Hall–Kier alpha value is -7.15. The SMILES string of the molecule is C[C@H](Nc1cncc(-n2cnc3ccc(N)cc32)n1)c1ccccc1.C[C@H](Nc1cncc(-n2cnc3ccc(NC(=O)C(C)(C)C)cc32)n1)c1ccccc1. The summed E-state index contributed by atoms with van der Waals surface area (Å²) in [7, 11) is 0. The summed E-state index contributed by atoms with van der Waals surface area (Å²) in [5, 5.41) is 9.76. The number of nitrogens with one attached hydrogen (secondary N) is 3. The molecule has 0 saturated heterocycles. The van der Waals surface area contributed by atoms with E-state index in [4.69, 9.17) is 10.7 Å². The molecule has 0 radical (unpaired) electrons. The first-order chi connectivity index (χ1) is 27.0. The van der Waals surface area contributed by atoms with Crippen molar-refractivity contribution in [1.29, 1.82) is 0 Å². The van der Waals surface area contributed by atoms with Crippen LogP contribution >= 0.6 is 0 Å². The molecule has 0 fully saturated rings. The number of hydrogen-bond acceptors (Lipinski definition) is 10. The second-order valence-electron chi connectivity index (χ2n) is 14.5. The van der Waals surface area contributed by atoms with Crippen molar-refractivity contribution in [2.75, 3.05) is 21.7 Å². The van der Waals surface area contributed by atoms with E-state index in [1.165, 1.54) is 11.1 Å². The molecule has 5 N–H and O–H groups in total. The Morgan fingerprint density at radius 1 is 0.643 bits per heavy atom. The summed E-state index contributed by atoms with van der Waals surface area (Å²) < 4.78 is 3.75. The molecule has 0 aliphatic carbocycles. The molecule has 0 unspecified atom stereocenters. The number of nitrogens with two attached hydrogens (primary N) is 1. The zero-order chi connectivity index (χ0) is 39.2. The van der Waals surface area contributed by atoms with Gasteiger partial charge in [0.1, 0.15) is 24.3 Å². The number of hydrogen-bond donors (Lipinski definition) is 4. The molecule has 8 aromatic rings. The summed E-state index contributed by atoms with van der Waals surface area (Å²) in [6.45, 7) is 9.83. The highest BCUT2D eigenvalue weighted by atomic mass is 16.2. The van der Waals surface area contributed by atoms with E-state index in [-0.39, 0.29) is 18.0 Å². The fraction of sp³-hybridized carbons (Fsp3) is 0.186. The van der Waals surface area contributed by atoms with Gasteiger partial charge in [0.25, 0.3) is 0 Å². The average molecular weight is 745 g/mol. The van der Waals surface area contributed by atoms with Crippen LogP contribution in [-0.4, -0.2) is 44.9 Å². The number of aromatic nitrogens is 8. The third-order valence-electron chi connectivity index (χ3n) is 9.12.